The van der Waals surface area contributed by atoms with Crippen molar-refractivity contribution >= 4 is 81.1 Å². The van der Waals surface area contributed by atoms with Crippen LogP contribution in [0.2, 0.25) is 0 Å². The average Bonchev–Trinajstić information content (AvgIpc) is 3.98. The second-order valence-corrected chi connectivity index (χ2v) is 11.4. The first kappa shape index (κ1) is 37.6. The van der Waals surface area contributed by atoms with E-state index in [2.05, 4.69) is 35.1 Å². The van der Waals surface area contributed by atoms with Gasteiger partial charge in [-0.1, -0.05) is 102 Å². The van der Waals surface area contributed by atoms with Crippen molar-refractivity contribution in [2.45, 2.75) is 6.92 Å². The molecule has 0 fully saturated rings. The van der Waals surface area contributed by atoms with Crippen LogP contribution in [0, 0.1) is 0 Å². The summed E-state index contributed by atoms with van der Waals surface area (Å²) in [6, 6.07) is 35.2. The Morgan fingerprint density at radius 2 is 1.04 bits per heavy atom. The molecule has 53 heavy (non-hydrogen) atoms. The van der Waals surface area contributed by atoms with Gasteiger partial charge in [-0.15, -0.1) is 22.1 Å². The first-order valence-corrected chi connectivity index (χ1v) is 16.4. The number of hydrogen-bond acceptors (Lipinski definition) is 6. The second-order valence-electron chi connectivity index (χ2n) is 11.4. The third kappa shape index (κ3) is 12.0. The van der Waals surface area contributed by atoms with E-state index in [4.69, 9.17) is 10.6 Å². The van der Waals surface area contributed by atoms with Crippen molar-refractivity contribution in [3.63, 3.8) is 0 Å². The van der Waals surface area contributed by atoms with Gasteiger partial charge in [-0.2, -0.15) is 5.71 Å². The van der Waals surface area contributed by atoms with Gasteiger partial charge in [0.05, 0.1) is 46.1 Å². The van der Waals surface area contributed by atoms with Crippen LogP contribution in [0.4, 0.5) is 11.4 Å². The Bertz CT molecular complexity index is 2260. The van der Waals surface area contributed by atoms with Crippen LogP contribution in [0.1, 0.15) is 29.7 Å². The summed E-state index contributed by atoms with van der Waals surface area (Å²) in [5.41, 5.74) is 10.9. The number of hydrogen-bond donors (Lipinski definition) is 1. The summed E-state index contributed by atoms with van der Waals surface area (Å²) in [7, 11) is 0. The number of nitrogens with zero attached hydrogens (tertiary/aromatic N) is 8. The van der Waals surface area contributed by atoms with Crippen molar-refractivity contribution < 1.29 is 24.7 Å². The molecule has 0 unspecified atom stereocenters. The van der Waals surface area contributed by atoms with Crippen LogP contribution in [0.3, 0.4) is 0 Å². The van der Waals surface area contributed by atoms with Crippen LogP contribution in [-0.4, -0.2) is 38.5 Å². The van der Waals surface area contributed by atoms with E-state index in [0.29, 0.717) is 0 Å². The van der Waals surface area contributed by atoms with E-state index in [1.807, 2.05) is 140 Å². The third-order valence-electron chi connectivity index (χ3n) is 7.33. The van der Waals surface area contributed by atoms with Gasteiger partial charge >= 0.3 is 19.5 Å². The van der Waals surface area contributed by atoms with Crippen molar-refractivity contribution in [1.29, 1.82) is 0 Å². The Labute approximate surface area is 320 Å². The predicted molar refractivity (Wildman–Crippen MR) is 216 cm³/mol. The van der Waals surface area contributed by atoms with E-state index in [9.17, 15) is 0 Å². The smallest absolute Gasteiger partial charge is 0.804 e. The molecule has 1 N–H and O–H groups in total. The van der Waals surface area contributed by atoms with Crippen molar-refractivity contribution in [2.75, 3.05) is 0 Å². The van der Waals surface area contributed by atoms with E-state index in [1.54, 1.807) is 36.5 Å². The van der Waals surface area contributed by atoms with E-state index >= 15 is 0 Å². The van der Waals surface area contributed by atoms with Gasteiger partial charge in [0.1, 0.15) is 0 Å². The maximum absolute atomic E-state index is 9.08. The minimum Gasteiger partial charge on any atom is -0.804 e. The second kappa shape index (κ2) is 19.1. The molecule has 2 aliphatic heterocycles. The monoisotopic (exact) mass is 779 g/mol. The fourth-order valence-electron chi connectivity index (χ4n) is 4.97. The number of aromatic nitrogens is 4. The van der Waals surface area contributed by atoms with Crippen molar-refractivity contribution in [2.24, 2.45) is 15.1 Å². The number of para-hydroxylation sites is 2. The molecule has 5 aromatic rings. The number of allylic oxidation sites excluding steroid dienone is 6. The molecule has 8 rings (SSSR count). The molecular weight excluding hydrogens is 746 g/mol. The molecule has 9 nitrogen and oxygen atoms in total. The van der Waals surface area contributed by atoms with Crippen LogP contribution in [-0.2, 0) is 19.5 Å². The molecule has 8 bridgehead atoms. The molecule has 0 saturated carbocycles. The Balaban J connectivity index is 0.000000162. The van der Waals surface area contributed by atoms with Crippen LogP contribution >= 0.6 is 0 Å². The summed E-state index contributed by atoms with van der Waals surface area (Å²) in [6.07, 6.45) is 19.5. The third-order valence-corrected chi connectivity index (χ3v) is 7.33. The van der Waals surface area contributed by atoms with E-state index < -0.39 is 0 Å². The number of fused-ring (bicyclic) bond motifs is 8. The molecule has 259 valence electrons. The minimum absolute atomic E-state index is 0. The number of aliphatic imine (C=N–C) groups is 2. The SMILES string of the molecule is C1=Cc2cc3ccc(cc4nc(cc5ccc(cc1n2)[n-]5)C=C4)[n-]3.CC(/C=C\C=N/O)=Nc1ccccc1.[N-]=C1C=CC(=Nc2ccccc2)C=C1.[Ru+3]. The summed E-state index contributed by atoms with van der Waals surface area (Å²) in [4.78, 5) is 27.1. The summed E-state index contributed by atoms with van der Waals surface area (Å²) < 4.78 is 0. The first-order valence-electron chi connectivity index (χ1n) is 16.4. The van der Waals surface area contributed by atoms with Crippen LogP contribution in [0.25, 0.3) is 51.8 Å². The molecular formula is C43H33N8ORu. The molecule has 1 aliphatic carbocycles. The van der Waals surface area contributed by atoms with Gasteiger partial charge in [0.15, 0.2) is 0 Å². The molecule has 3 aliphatic rings. The largest absolute Gasteiger partial charge is 3.00 e. The standard InChI is InChI=1S/C20H12N4.C12H9N2.C11H12N2O.Ru/c1-2-14-10-16-5-6-18(23-16)12-20-8-7-19(24-20)11-17-4-3-15(22-17)9-13(1)21-14;13-10-6-8-12(9-7-10)14-11-4-2-1-3-5-11;1-10(6-5-9-12-14)13-11-7-3-2-4-8-11;/h1-12H;1-9H;2-9,14H,1H3;/q-2;-1;;+3/b;;6-5-,12-9-,13-10?;. The van der Waals surface area contributed by atoms with E-state index in [1.165, 1.54) is 6.21 Å². The maximum atomic E-state index is 9.08. The summed E-state index contributed by atoms with van der Waals surface area (Å²) >= 11 is 0. The zero-order valence-electron chi connectivity index (χ0n) is 28.6. The molecule has 3 aromatic heterocycles. The van der Waals surface area contributed by atoms with Gasteiger partial charge in [0, 0.05) is 5.71 Å². The Hall–Kier alpha value is -6.64. The topological polar surface area (TPSA) is 134 Å². The molecule has 0 amide bonds. The van der Waals surface area contributed by atoms with Gasteiger partial charge in [0.25, 0.3) is 0 Å². The van der Waals surface area contributed by atoms with Crippen molar-refractivity contribution in [3.05, 3.63) is 174 Å². The Morgan fingerprint density at radius 3 is 1.47 bits per heavy atom. The van der Waals surface area contributed by atoms with Crippen LogP contribution in [0.5, 0.6) is 0 Å². The summed E-state index contributed by atoms with van der Waals surface area (Å²) in [6.45, 7) is 1.88. The van der Waals surface area contributed by atoms with Gasteiger partial charge < -0.3 is 20.6 Å². The number of oxime groups is 1. The molecule has 1 radical (unpaired) electrons. The Morgan fingerprint density at radius 1 is 0.604 bits per heavy atom. The van der Waals surface area contributed by atoms with Crippen molar-refractivity contribution in [1.82, 2.24) is 19.9 Å². The number of benzene rings is 2. The fraction of sp³-hybridized carbons (Fsp3) is 0.0233. The fourth-order valence-corrected chi connectivity index (χ4v) is 4.97. The van der Waals surface area contributed by atoms with Gasteiger partial charge in [-0.05, 0) is 79.8 Å². The first-order chi connectivity index (χ1) is 25.5. The number of rotatable bonds is 4. The quantitative estimate of drug-likeness (QED) is 0.0625. The Kier molecular flexibility index (Phi) is 13.6. The minimum atomic E-state index is 0. The molecule has 5 heterocycles. The molecule has 0 saturated heterocycles. The molecule has 10 heteroatoms. The van der Waals surface area contributed by atoms with Crippen molar-refractivity contribution in [3.8, 4) is 0 Å². The van der Waals surface area contributed by atoms with Crippen LogP contribution < -0.4 is 9.97 Å². The average molecular weight is 779 g/mol. The van der Waals surface area contributed by atoms with Crippen LogP contribution in [0.15, 0.2) is 161 Å². The maximum Gasteiger partial charge on any atom is 3.00 e. The van der Waals surface area contributed by atoms with E-state index in [0.717, 1.165) is 67.6 Å². The zero-order chi connectivity index (χ0) is 36.0. The van der Waals surface area contributed by atoms with Gasteiger partial charge in [-0.25, -0.2) is 15.0 Å². The molecule has 2 aromatic carbocycles. The molecule has 0 atom stereocenters. The van der Waals surface area contributed by atoms with Gasteiger partial charge in [-0.3, -0.25) is 4.99 Å². The van der Waals surface area contributed by atoms with E-state index in [-0.39, 0.29) is 25.2 Å². The van der Waals surface area contributed by atoms with Gasteiger partial charge in [0.2, 0.25) is 0 Å². The zero-order valence-corrected chi connectivity index (χ0v) is 30.4. The summed E-state index contributed by atoms with van der Waals surface area (Å²) in [5.74, 6) is 0. The predicted octanol–water partition coefficient (Wildman–Crippen LogP) is 9.60. The summed E-state index contributed by atoms with van der Waals surface area (Å²) in [5, 5.41) is 20.1. The normalized spacial score (nSPS) is 13.0. The molecule has 0 spiro atoms.